The number of amides is 2. The summed E-state index contributed by atoms with van der Waals surface area (Å²) in [7, 11) is 0. The standard InChI is InChI=1S/C13H14Cl2N2O2/c1-7-13(19)17(8(2)12(18)16-7)6-9-3-4-10(14)11(15)5-9/h3-5,7-8H,6H2,1-2H3,(H,16,18). The molecule has 1 aliphatic rings. The van der Waals surface area contributed by atoms with Gasteiger partial charge in [0.2, 0.25) is 11.8 Å². The smallest absolute Gasteiger partial charge is 0.245 e. The minimum absolute atomic E-state index is 0.0989. The molecule has 2 amide bonds. The van der Waals surface area contributed by atoms with Crippen LogP contribution < -0.4 is 5.32 Å². The normalized spacial score (nSPS) is 23.5. The van der Waals surface area contributed by atoms with E-state index in [1.54, 1.807) is 36.9 Å². The zero-order valence-electron chi connectivity index (χ0n) is 10.6. The molecule has 102 valence electrons. The summed E-state index contributed by atoms with van der Waals surface area (Å²) in [6, 6.07) is 4.21. The first-order valence-corrected chi connectivity index (χ1v) is 6.70. The van der Waals surface area contributed by atoms with Crippen molar-refractivity contribution >= 4 is 35.0 Å². The molecule has 1 aromatic carbocycles. The van der Waals surface area contributed by atoms with E-state index < -0.39 is 12.1 Å². The van der Waals surface area contributed by atoms with Crippen LogP contribution in [-0.2, 0) is 16.1 Å². The molecule has 2 rings (SSSR count). The third-order valence-corrected chi connectivity index (χ3v) is 3.94. The molecule has 0 saturated carbocycles. The predicted octanol–water partition coefficient (Wildman–Crippen LogP) is 2.23. The Hall–Kier alpha value is -1.26. The average molecular weight is 301 g/mol. The summed E-state index contributed by atoms with van der Waals surface area (Å²) in [5.41, 5.74) is 0.844. The van der Waals surface area contributed by atoms with Crippen molar-refractivity contribution in [2.75, 3.05) is 0 Å². The van der Waals surface area contributed by atoms with Gasteiger partial charge in [0.1, 0.15) is 12.1 Å². The van der Waals surface area contributed by atoms with E-state index in [9.17, 15) is 9.59 Å². The Morgan fingerprint density at radius 2 is 1.89 bits per heavy atom. The van der Waals surface area contributed by atoms with Gasteiger partial charge in [-0.15, -0.1) is 0 Å². The highest BCUT2D eigenvalue weighted by molar-refractivity contribution is 6.42. The number of piperazine rings is 1. The number of hydrogen-bond acceptors (Lipinski definition) is 2. The predicted molar refractivity (Wildman–Crippen MR) is 74.1 cm³/mol. The van der Waals surface area contributed by atoms with E-state index in [1.165, 1.54) is 0 Å². The van der Waals surface area contributed by atoms with Gasteiger partial charge in [-0.3, -0.25) is 9.59 Å². The minimum atomic E-state index is -0.494. The molecule has 0 aromatic heterocycles. The lowest BCUT2D eigenvalue weighted by molar-refractivity contribution is -0.148. The van der Waals surface area contributed by atoms with Crippen molar-refractivity contribution in [3.8, 4) is 0 Å². The Morgan fingerprint density at radius 1 is 1.21 bits per heavy atom. The highest BCUT2D eigenvalue weighted by Gasteiger charge is 2.35. The summed E-state index contributed by atoms with van der Waals surface area (Å²) < 4.78 is 0. The van der Waals surface area contributed by atoms with E-state index in [-0.39, 0.29) is 11.8 Å². The number of benzene rings is 1. The van der Waals surface area contributed by atoms with Crippen LogP contribution >= 0.6 is 23.2 Å². The number of rotatable bonds is 2. The minimum Gasteiger partial charge on any atom is -0.343 e. The summed E-state index contributed by atoms with van der Waals surface area (Å²) in [6.07, 6.45) is 0. The van der Waals surface area contributed by atoms with Crippen molar-refractivity contribution < 1.29 is 9.59 Å². The monoisotopic (exact) mass is 300 g/mol. The maximum absolute atomic E-state index is 12.1. The molecule has 0 spiro atoms. The molecule has 0 radical (unpaired) electrons. The van der Waals surface area contributed by atoms with Crippen molar-refractivity contribution in [1.82, 2.24) is 10.2 Å². The fourth-order valence-corrected chi connectivity index (χ4v) is 2.35. The Labute approximate surface area is 121 Å². The van der Waals surface area contributed by atoms with E-state index in [4.69, 9.17) is 23.2 Å². The quantitative estimate of drug-likeness (QED) is 0.910. The van der Waals surface area contributed by atoms with Gasteiger partial charge in [-0.2, -0.15) is 0 Å². The molecule has 1 aliphatic heterocycles. The van der Waals surface area contributed by atoms with Gasteiger partial charge in [-0.25, -0.2) is 0 Å². The molecule has 4 nitrogen and oxygen atoms in total. The van der Waals surface area contributed by atoms with Crippen LogP contribution in [0.1, 0.15) is 19.4 Å². The number of nitrogens with zero attached hydrogens (tertiary/aromatic N) is 1. The van der Waals surface area contributed by atoms with E-state index in [0.717, 1.165) is 5.56 Å². The molecule has 1 aromatic rings. The summed E-state index contributed by atoms with van der Waals surface area (Å²) in [5.74, 6) is -0.245. The van der Waals surface area contributed by atoms with Gasteiger partial charge in [0.25, 0.3) is 0 Å². The molecule has 2 atom stereocenters. The van der Waals surface area contributed by atoms with Gasteiger partial charge in [-0.05, 0) is 31.5 Å². The van der Waals surface area contributed by atoms with Crippen molar-refractivity contribution in [3.05, 3.63) is 33.8 Å². The molecular formula is C13H14Cl2N2O2. The highest BCUT2D eigenvalue weighted by Crippen LogP contribution is 2.24. The van der Waals surface area contributed by atoms with Crippen LogP contribution in [0.25, 0.3) is 0 Å². The molecular weight excluding hydrogens is 287 g/mol. The third kappa shape index (κ3) is 2.85. The van der Waals surface area contributed by atoms with E-state index >= 15 is 0 Å². The third-order valence-electron chi connectivity index (χ3n) is 3.20. The Morgan fingerprint density at radius 3 is 2.53 bits per heavy atom. The second-order valence-electron chi connectivity index (χ2n) is 4.62. The van der Waals surface area contributed by atoms with Crippen molar-refractivity contribution in [3.63, 3.8) is 0 Å². The lowest BCUT2D eigenvalue weighted by atomic mass is 10.1. The number of halogens is 2. The van der Waals surface area contributed by atoms with E-state index in [2.05, 4.69) is 5.32 Å². The van der Waals surface area contributed by atoms with Gasteiger partial charge in [-0.1, -0.05) is 29.3 Å². The van der Waals surface area contributed by atoms with E-state index in [0.29, 0.717) is 16.6 Å². The molecule has 6 heteroatoms. The lowest BCUT2D eigenvalue weighted by Gasteiger charge is -2.36. The molecule has 2 unspecified atom stereocenters. The van der Waals surface area contributed by atoms with Crippen LogP contribution in [0.4, 0.5) is 0 Å². The van der Waals surface area contributed by atoms with E-state index in [1.807, 2.05) is 0 Å². The SMILES string of the molecule is CC1NC(=O)C(C)N(Cc2ccc(Cl)c(Cl)c2)C1=O. The molecule has 19 heavy (non-hydrogen) atoms. The van der Waals surface area contributed by atoms with Crippen LogP contribution in [0.3, 0.4) is 0 Å². The topological polar surface area (TPSA) is 49.4 Å². The van der Waals surface area contributed by atoms with Crippen LogP contribution in [0.5, 0.6) is 0 Å². The molecule has 1 N–H and O–H groups in total. The molecule has 0 aliphatic carbocycles. The van der Waals surface area contributed by atoms with Crippen LogP contribution in [0, 0.1) is 0 Å². The van der Waals surface area contributed by atoms with Gasteiger partial charge < -0.3 is 10.2 Å². The first-order valence-electron chi connectivity index (χ1n) is 5.95. The summed E-state index contributed by atoms with van der Waals surface area (Å²) >= 11 is 11.8. The van der Waals surface area contributed by atoms with Crippen molar-refractivity contribution in [1.29, 1.82) is 0 Å². The largest absolute Gasteiger partial charge is 0.343 e. The highest BCUT2D eigenvalue weighted by atomic mass is 35.5. The number of nitrogens with one attached hydrogen (secondary N) is 1. The maximum atomic E-state index is 12.1. The number of carbonyl (C=O) groups is 2. The average Bonchev–Trinajstić information content (AvgIpc) is 2.36. The Balaban J connectivity index is 2.22. The first-order chi connectivity index (χ1) is 8.90. The number of hydrogen-bond donors (Lipinski definition) is 1. The summed E-state index contributed by atoms with van der Waals surface area (Å²) in [6.45, 7) is 3.72. The fraction of sp³-hybridized carbons (Fsp3) is 0.385. The van der Waals surface area contributed by atoms with Gasteiger partial charge in [0.05, 0.1) is 10.0 Å². The lowest BCUT2D eigenvalue weighted by Crippen LogP contribution is -2.60. The van der Waals surface area contributed by atoms with Crippen molar-refractivity contribution in [2.45, 2.75) is 32.5 Å². The Kier molecular flexibility index (Phi) is 4.02. The van der Waals surface area contributed by atoms with Gasteiger partial charge in [0.15, 0.2) is 0 Å². The van der Waals surface area contributed by atoms with Gasteiger partial charge >= 0.3 is 0 Å². The molecule has 1 saturated heterocycles. The second kappa shape index (κ2) is 5.39. The van der Waals surface area contributed by atoms with Crippen molar-refractivity contribution in [2.24, 2.45) is 0 Å². The summed E-state index contributed by atoms with van der Waals surface area (Å²) in [5, 5.41) is 3.54. The zero-order chi connectivity index (χ0) is 14.2. The zero-order valence-corrected chi connectivity index (χ0v) is 12.1. The number of carbonyl (C=O) groups excluding carboxylic acids is 2. The first kappa shape index (κ1) is 14.2. The Bertz CT molecular complexity index is 533. The summed E-state index contributed by atoms with van der Waals surface area (Å²) in [4.78, 5) is 25.4. The maximum Gasteiger partial charge on any atom is 0.245 e. The molecule has 1 heterocycles. The van der Waals surface area contributed by atoms with Gasteiger partial charge in [0, 0.05) is 6.54 Å². The second-order valence-corrected chi connectivity index (χ2v) is 5.44. The van der Waals surface area contributed by atoms with Crippen LogP contribution in [-0.4, -0.2) is 28.8 Å². The molecule has 0 bridgehead atoms. The molecule has 1 fully saturated rings. The van der Waals surface area contributed by atoms with Crippen LogP contribution in [0.15, 0.2) is 18.2 Å². The fourth-order valence-electron chi connectivity index (χ4n) is 2.03. The van der Waals surface area contributed by atoms with Crippen LogP contribution in [0.2, 0.25) is 10.0 Å².